The molecular weight excluding hydrogens is 288 g/mol. The summed E-state index contributed by atoms with van der Waals surface area (Å²) in [6.45, 7) is 6.76. The summed E-state index contributed by atoms with van der Waals surface area (Å²) in [6, 6.07) is 6.24. The summed E-state index contributed by atoms with van der Waals surface area (Å²) in [5.74, 6) is 0.386. The summed E-state index contributed by atoms with van der Waals surface area (Å²) >= 11 is 0. The summed E-state index contributed by atoms with van der Waals surface area (Å²) in [4.78, 5) is 8.67. The van der Waals surface area contributed by atoms with Gasteiger partial charge in [0.1, 0.15) is 5.52 Å². The molecule has 118 valence electrons. The highest BCUT2D eigenvalue weighted by Crippen LogP contribution is 2.33. The van der Waals surface area contributed by atoms with Gasteiger partial charge in [0.25, 0.3) is 0 Å². The third-order valence-electron chi connectivity index (χ3n) is 3.93. The number of nitriles is 1. The fraction of sp³-hybridized carbons (Fsp3) is 0.412. The van der Waals surface area contributed by atoms with Crippen LogP contribution in [0.2, 0.25) is 0 Å². The normalized spacial score (nSPS) is 11.9. The summed E-state index contributed by atoms with van der Waals surface area (Å²) < 4.78 is 1.97. The molecule has 0 atom stereocenters. The van der Waals surface area contributed by atoms with E-state index in [0.717, 1.165) is 29.4 Å². The Labute approximate surface area is 134 Å². The Kier molecular flexibility index (Phi) is 3.64. The van der Waals surface area contributed by atoms with Crippen molar-refractivity contribution >= 4 is 27.8 Å². The zero-order valence-electron chi connectivity index (χ0n) is 13.7. The molecule has 0 amide bonds. The average molecular weight is 308 g/mol. The van der Waals surface area contributed by atoms with Gasteiger partial charge in [0.05, 0.1) is 11.5 Å². The maximum atomic E-state index is 9.42. The van der Waals surface area contributed by atoms with Crippen molar-refractivity contribution < 1.29 is 0 Å². The maximum absolute atomic E-state index is 9.42. The second-order valence-corrected chi connectivity index (χ2v) is 6.44. The molecule has 0 saturated heterocycles. The molecule has 0 aliphatic rings. The van der Waals surface area contributed by atoms with E-state index in [9.17, 15) is 5.26 Å². The molecule has 3 rings (SSSR count). The molecule has 6 heteroatoms. The molecule has 2 N–H and O–H groups in total. The minimum absolute atomic E-state index is 0.386. The van der Waals surface area contributed by atoms with Crippen LogP contribution in [0.5, 0.6) is 0 Å². The molecule has 3 heterocycles. The molecule has 3 aromatic heterocycles. The number of nitrogen functional groups attached to an aromatic ring is 1. The van der Waals surface area contributed by atoms with E-state index in [0.29, 0.717) is 23.4 Å². The SMILES string of the molecule is CCCn1nc2c(N)nc3ncccc3c2c1CC(C)(C)C#N. The molecule has 3 aromatic rings. The van der Waals surface area contributed by atoms with Gasteiger partial charge in [-0.15, -0.1) is 0 Å². The monoisotopic (exact) mass is 308 g/mol. The van der Waals surface area contributed by atoms with E-state index in [1.165, 1.54) is 0 Å². The van der Waals surface area contributed by atoms with Gasteiger partial charge in [-0.05, 0) is 32.4 Å². The Bertz CT molecular complexity index is 916. The molecule has 0 aliphatic carbocycles. The van der Waals surface area contributed by atoms with Crippen LogP contribution in [0.4, 0.5) is 5.82 Å². The number of nitrogens with zero attached hydrogens (tertiary/aromatic N) is 5. The van der Waals surface area contributed by atoms with Gasteiger partial charge in [0.2, 0.25) is 0 Å². The van der Waals surface area contributed by atoms with Crippen LogP contribution in [0, 0.1) is 16.7 Å². The molecule has 0 unspecified atom stereocenters. The van der Waals surface area contributed by atoms with E-state index >= 15 is 0 Å². The number of rotatable bonds is 4. The number of hydrogen-bond donors (Lipinski definition) is 1. The summed E-state index contributed by atoms with van der Waals surface area (Å²) in [5, 5.41) is 16.0. The quantitative estimate of drug-likeness (QED) is 0.799. The fourth-order valence-electron chi connectivity index (χ4n) is 2.84. The number of pyridine rings is 2. The number of aryl methyl sites for hydroxylation is 1. The second-order valence-electron chi connectivity index (χ2n) is 6.44. The molecule has 23 heavy (non-hydrogen) atoms. The molecule has 0 saturated carbocycles. The van der Waals surface area contributed by atoms with Crippen LogP contribution in [0.1, 0.15) is 32.9 Å². The first kappa shape index (κ1) is 15.2. The molecule has 0 radical (unpaired) electrons. The van der Waals surface area contributed by atoms with Crippen molar-refractivity contribution in [3.63, 3.8) is 0 Å². The lowest BCUT2D eigenvalue weighted by Gasteiger charge is -2.16. The highest BCUT2D eigenvalue weighted by Gasteiger charge is 2.25. The Morgan fingerprint density at radius 3 is 2.87 bits per heavy atom. The highest BCUT2D eigenvalue weighted by atomic mass is 15.3. The first-order chi connectivity index (χ1) is 11.0. The maximum Gasteiger partial charge on any atom is 0.162 e. The average Bonchev–Trinajstić information content (AvgIpc) is 2.87. The topological polar surface area (TPSA) is 93.4 Å². The molecule has 6 nitrogen and oxygen atoms in total. The van der Waals surface area contributed by atoms with Crippen LogP contribution < -0.4 is 5.73 Å². The number of anilines is 1. The lowest BCUT2D eigenvalue weighted by Crippen LogP contribution is -2.16. The minimum atomic E-state index is -0.481. The van der Waals surface area contributed by atoms with Gasteiger partial charge in [-0.25, -0.2) is 9.97 Å². The van der Waals surface area contributed by atoms with Crippen molar-refractivity contribution in [1.82, 2.24) is 19.7 Å². The standard InChI is InChI=1S/C17H20N6/c1-4-8-23-12(9-17(2,3)10-18)13-11-6-5-7-20-16(11)21-15(19)14(13)22-23/h5-7H,4,8-9H2,1-3H3,(H2,19,20,21). The number of hydrogen-bond acceptors (Lipinski definition) is 5. The van der Waals surface area contributed by atoms with Crippen molar-refractivity contribution in [1.29, 1.82) is 5.26 Å². The lowest BCUT2D eigenvalue weighted by molar-refractivity contribution is 0.460. The highest BCUT2D eigenvalue weighted by molar-refractivity contribution is 6.08. The number of nitrogens with two attached hydrogens (primary N) is 1. The van der Waals surface area contributed by atoms with E-state index in [2.05, 4.69) is 28.1 Å². The van der Waals surface area contributed by atoms with E-state index < -0.39 is 5.41 Å². The van der Waals surface area contributed by atoms with Gasteiger partial charge in [-0.2, -0.15) is 10.4 Å². The predicted molar refractivity (Wildman–Crippen MR) is 90.6 cm³/mol. The number of fused-ring (bicyclic) bond motifs is 3. The van der Waals surface area contributed by atoms with Crippen molar-refractivity contribution in [3.05, 3.63) is 24.0 Å². The Morgan fingerprint density at radius 1 is 1.39 bits per heavy atom. The molecule has 0 aliphatic heterocycles. The van der Waals surface area contributed by atoms with Crippen molar-refractivity contribution in [2.45, 2.75) is 40.2 Å². The second kappa shape index (κ2) is 5.51. The van der Waals surface area contributed by atoms with Crippen LogP contribution in [0.25, 0.3) is 21.9 Å². The smallest absolute Gasteiger partial charge is 0.162 e. The van der Waals surface area contributed by atoms with E-state index in [1.54, 1.807) is 6.20 Å². The van der Waals surface area contributed by atoms with Crippen molar-refractivity contribution in [2.24, 2.45) is 5.41 Å². The lowest BCUT2D eigenvalue weighted by atomic mass is 9.88. The largest absolute Gasteiger partial charge is 0.382 e. The molecule has 0 bridgehead atoms. The van der Waals surface area contributed by atoms with Gasteiger partial charge >= 0.3 is 0 Å². The molecule has 0 spiro atoms. The van der Waals surface area contributed by atoms with Gasteiger partial charge in [0.15, 0.2) is 11.5 Å². The van der Waals surface area contributed by atoms with Crippen LogP contribution in [0.3, 0.4) is 0 Å². The van der Waals surface area contributed by atoms with Crippen LogP contribution in [0.15, 0.2) is 18.3 Å². The minimum Gasteiger partial charge on any atom is -0.382 e. The van der Waals surface area contributed by atoms with Crippen LogP contribution in [-0.2, 0) is 13.0 Å². The van der Waals surface area contributed by atoms with Crippen molar-refractivity contribution in [2.75, 3.05) is 5.73 Å². The third kappa shape index (κ3) is 2.59. The molecular formula is C17H20N6. The van der Waals surface area contributed by atoms with E-state index in [-0.39, 0.29) is 0 Å². The van der Waals surface area contributed by atoms with Gasteiger partial charge in [-0.1, -0.05) is 6.92 Å². The summed E-state index contributed by atoms with van der Waals surface area (Å²) in [5.41, 5.74) is 7.96. The van der Waals surface area contributed by atoms with Crippen molar-refractivity contribution in [3.8, 4) is 6.07 Å². The zero-order valence-corrected chi connectivity index (χ0v) is 13.7. The fourth-order valence-corrected chi connectivity index (χ4v) is 2.84. The van der Waals surface area contributed by atoms with Gasteiger partial charge in [-0.3, -0.25) is 4.68 Å². The third-order valence-corrected chi connectivity index (χ3v) is 3.93. The molecule has 0 fully saturated rings. The Hall–Kier alpha value is -2.68. The Balaban J connectivity index is 2.38. The van der Waals surface area contributed by atoms with Crippen LogP contribution >= 0.6 is 0 Å². The van der Waals surface area contributed by atoms with E-state index in [4.69, 9.17) is 5.73 Å². The first-order valence-electron chi connectivity index (χ1n) is 7.77. The van der Waals surface area contributed by atoms with E-state index in [1.807, 2.05) is 30.7 Å². The van der Waals surface area contributed by atoms with Gasteiger partial charge < -0.3 is 5.73 Å². The van der Waals surface area contributed by atoms with Crippen LogP contribution in [-0.4, -0.2) is 19.7 Å². The van der Waals surface area contributed by atoms with Gasteiger partial charge in [0, 0.05) is 35.6 Å². The summed E-state index contributed by atoms with van der Waals surface area (Å²) in [7, 11) is 0. The molecule has 0 aromatic carbocycles. The first-order valence-corrected chi connectivity index (χ1v) is 7.77. The predicted octanol–water partition coefficient (Wildman–Crippen LogP) is 3.06. The summed E-state index contributed by atoms with van der Waals surface area (Å²) in [6.07, 6.45) is 3.26. The Morgan fingerprint density at radius 2 is 2.17 bits per heavy atom. The zero-order chi connectivity index (χ0) is 16.6. The number of aromatic nitrogens is 4.